The van der Waals surface area contributed by atoms with Crippen molar-refractivity contribution in [1.29, 1.82) is 0 Å². The van der Waals surface area contributed by atoms with E-state index in [9.17, 15) is 8.78 Å². The second-order valence-corrected chi connectivity index (χ2v) is 5.95. The van der Waals surface area contributed by atoms with Gasteiger partial charge in [-0.3, -0.25) is 0 Å². The van der Waals surface area contributed by atoms with E-state index in [4.69, 9.17) is 0 Å². The van der Waals surface area contributed by atoms with Crippen LogP contribution in [0.15, 0.2) is 24.3 Å². The van der Waals surface area contributed by atoms with Crippen molar-refractivity contribution in [2.75, 3.05) is 6.54 Å². The van der Waals surface area contributed by atoms with E-state index < -0.39 is 11.8 Å². The summed E-state index contributed by atoms with van der Waals surface area (Å²) >= 11 is 0. The van der Waals surface area contributed by atoms with Gasteiger partial charge in [0.15, 0.2) is 0 Å². The van der Waals surface area contributed by atoms with Crippen molar-refractivity contribution in [3.63, 3.8) is 0 Å². The molecule has 104 valence electrons. The molecule has 1 heterocycles. The monoisotopic (exact) mass is 265 g/mol. The molecule has 1 nitrogen and oxygen atoms in total. The summed E-state index contributed by atoms with van der Waals surface area (Å²) in [4.78, 5) is 0. The lowest BCUT2D eigenvalue weighted by molar-refractivity contribution is -0.0285. The molecule has 3 rings (SSSR count). The van der Waals surface area contributed by atoms with Gasteiger partial charge in [-0.15, -0.1) is 0 Å². The van der Waals surface area contributed by atoms with Crippen LogP contribution in [-0.4, -0.2) is 12.6 Å². The number of hydrogen-bond donors (Lipinski definition) is 1. The van der Waals surface area contributed by atoms with Crippen molar-refractivity contribution in [2.24, 2.45) is 5.92 Å². The second kappa shape index (κ2) is 5.20. The van der Waals surface area contributed by atoms with Crippen LogP contribution in [0.2, 0.25) is 0 Å². The number of benzene rings is 1. The Morgan fingerprint density at radius 1 is 1.05 bits per heavy atom. The smallest absolute Gasteiger partial charge is 0.276 e. The minimum atomic E-state index is -2.62. The van der Waals surface area contributed by atoms with Crippen LogP contribution < -0.4 is 5.32 Å². The molecule has 1 aromatic carbocycles. The lowest BCUT2D eigenvalue weighted by atomic mass is 9.96. The Kier molecular flexibility index (Phi) is 3.57. The third kappa shape index (κ3) is 2.97. The van der Waals surface area contributed by atoms with Crippen LogP contribution in [-0.2, 0) is 12.3 Å². The maximum atomic E-state index is 13.9. The maximum Gasteiger partial charge on any atom is 0.276 e. The SMILES string of the molecule is FC(F)(c1ccc(CC2CCCCN2)cc1)C1CC1. The van der Waals surface area contributed by atoms with E-state index in [1.165, 1.54) is 19.3 Å². The summed E-state index contributed by atoms with van der Waals surface area (Å²) in [5.41, 5.74) is 1.35. The number of piperidine rings is 1. The van der Waals surface area contributed by atoms with E-state index in [1.54, 1.807) is 12.1 Å². The van der Waals surface area contributed by atoms with E-state index in [-0.39, 0.29) is 5.56 Å². The Bertz CT molecular complexity index is 417. The van der Waals surface area contributed by atoms with Crippen LogP contribution in [0.1, 0.15) is 43.2 Å². The molecule has 0 amide bonds. The van der Waals surface area contributed by atoms with Crippen LogP contribution in [0.5, 0.6) is 0 Å². The minimum absolute atomic E-state index is 0.190. The molecule has 2 fully saturated rings. The highest BCUT2D eigenvalue weighted by Crippen LogP contribution is 2.49. The molecule has 1 N–H and O–H groups in total. The average Bonchev–Trinajstić information content (AvgIpc) is 3.25. The molecule has 0 bridgehead atoms. The summed E-state index contributed by atoms with van der Waals surface area (Å²) in [6.45, 7) is 1.09. The first-order chi connectivity index (χ1) is 9.16. The third-order valence-electron chi connectivity index (χ3n) is 4.32. The highest BCUT2D eigenvalue weighted by atomic mass is 19.3. The summed E-state index contributed by atoms with van der Waals surface area (Å²) in [5, 5.41) is 3.49. The molecule has 1 unspecified atom stereocenters. The normalized spacial score (nSPS) is 24.4. The predicted octanol–water partition coefficient (Wildman–Crippen LogP) is 3.87. The number of hydrogen-bond acceptors (Lipinski definition) is 1. The van der Waals surface area contributed by atoms with Gasteiger partial charge >= 0.3 is 0 Å². The Morgan fingerprint density at radius 2 is 1.79 bits per heavy atom. The van der Waals surface area contributed by atoms with Crippen LogP contribution in [0.25, 0.3) is 0 Å². The highest BCUT2D eigenvalue weighted by molar-refractivity contribution is 5.27. The molecule has 2 aliphatic rings. The zero-order valence-electron chi connectivity index (χ0n) is 11.2. The molecule has 1 atom stereocenters. The molecule has 0 spiro atoms. The zero-order valence-corrected chi connectivity index (χ0v) is 11.2. The molecular formula is C16H21F2N. The molecule has 1 aromatic rings. The van der Waals surface area contributed by atoms with Gasteiger partial charge in [-0.25, -0.2) is 8.78 Å². The van der Waals surface area contributed by atoms with Crippen molar-refractivity contribution in [1.82, 2.24) is 5.32 Å². The Morgan fingerprint density at radius 3 is 2.37 bits per heavy atom. The maximum absolute atomic E-state index is 13.9. The van der Waals surface area contributed by atoms with Gasteiger partial charge in [-0.1, -0.05) is 30.7 Å². The van der Waals surface area contributed by atoms with E-state index >= 15 is 0 Å². The molecule has 0 radical (unpaired) electrons. The first kappa shape index (κ1) is 13.0. The van der Waals surface area contributed by atoms with Gasteiger partial charge in [0, 0.05) is 17.5 Å². The number of nitrogens with one attached hydrogen (secondary N) is 1. The van der Waals surface area contributed by atoms with Gasteiger partial charge in [-0.2, -0.15) is 0 Å². The third-order valence-corrected chi connectivity index (χ3v) is 4.32. The lowest BCUT2D eigenvalue weighted by Crippen LogP contribution is -2.35. The molecule has 1 aliphatic heterocycles. The number of rotatable bonds is 4. The standard InChI is InChI=1S/C16H21F2N/c17-16(18,14-8-9-14)13-6-4-12(5-7-13)11-15-3-1-2-10-19-15/h4-7,14-15,19H,1-3,8-11H2. The van der Waals surface area contributed by atoms with Crippen molar-refractivity contribution in [3.05, 3.63) is 35.4 Å². The molecule has 19 heavy (non-hydrogen) atoms. The highest BCUT2D eigenvalue weighted by Gasteiger charge is 2.47. The largest absolute Gasteiger partial charge is 0.314 e. The first-order valence-corrected chi connectivity index (χ1v) is 7.37. The van der Waals surface area contributed by atoms with Crippen LogP contribution >= 0.6 is 0 Å². The van der Waals surface area contributed by atoms with Gasteiger partial charge in [0.1, 0.15) is 0 Å². The quantitative estimate of drug-likeness (QED) is 0.871. The van der Waals surface area contributed by atoms with Crippen molar-refractivity contribution < 1.29 is 8.78 Å². The predicted molar refractivity (Wildman–Crippen MR) is 72.4 cm³/mol. The van der Waals surface area contributed by atoms with E-state index in [0.29, 0.717) is 18.9 Å². The summed E-state index contributed by atoms with van der Waals surface area (Å²) in [5.74, 6) is -3.04. The number of alkyl halides is 2. The fourth-order valence-electron chi connectivity index (χ4n) is 2.93. The summed E-state index contributed by atoms with van der Waals surface area (Å²) < 4.78 is 27.8. The van der Waals surface area contributed by atoms with E-state index in [0.717, 1.165) is 18.5 Å². The van der Waals surface area contributed by atoms with Crippen molar-refractivity contribution in [3.8, 4) is 0 Å². The molecule has 1 saturated heterocycles. The van der Waals surface area contributed by atoms with Crippen LogP contribution in [0.3, 0.4) is 0 Å². The van der Waals surface area contributed by atoms with Crippen molar-refractivity contribution in [2.45, 2.75) is 50.5 Å². The van der Waals surface area contributed by atoms with Gasteiger partial charge in [0.25, 0.3) is 5.92 Å². The number of halogens is 2. The zero-order chi connectivity index (χ0) is 13.3. The lowest BCUT2D eigenvalue weighted by Gasteiger charge is -2.23. The Labute approximate surface area is 113 Å². The molecular weight excluding hydrogens is 244 g/mol. The minimum Gasteiger partial charge on any atom is -0.314 e. The average molecular weight is 265 g/mol. The Balaban J connectivity index is 1.65. The molecule has 1 aliphatic carbocycles. The van der Waals surface area contributed by atoms with Crippen molar-refractivity contribution >= 4 is 0 Å². The molecule has 1 saturated carbocycles. The first-order valence-electron chi connectivity index (χ1n) is 7.37. The topological polar surface area (TPSA) is 12.0 Å². The summed E-state index contributed by atoms with van der Waals surface area (Å²) in [6, 6.07) is 7.51. The van der Waals surface area contributed by atoms with Gasteiger partial charge in [-0.05, 0) is 44.2 Å². The van der Waals surface area contributed by atoms with E-state index in [2.05, 4.69) is 5.32 Å². The van der Waals surface area contributed by atoms with Gasteiger partial charge in [0.2, 0.25) is 0 Å². The van der Waals surface area contributed by atoms with E-state index in [1.807, 2.05) is 12.1 Å². The fraction of sp³-hybridized carbons (Fsp3) is 0.625. The van der Waals surface area contributed by atoms with Crippen LogP contribution in [0, 0.1) is 5.92 Å². The molecule has 0 aromatic heterocycles. The fourth-order valence-corrected chi connectivity index (χ4v) is 2.93. The molecule has 3 heteroatoms. The summed E-state index contributed by atoms with van der Waals surface area (Å²) in [7, 11) is 0. The van der Waals surface area contributed by atoms with Gasteiger partial charge < -0.3 is 5.32 Å². The van der Waals surface area contributed by atoms with Crippen LogP contribution in [0.4, 0.5) is 8.78 Å². The second-order valence-electron chi connectivity index (χ2n) is 5.95. The summed E-state index contributed by atoms with van der Waals surface area (Å²) in [6.07, 6.45) is 6.01. The van der Waals surface area contributed by atoms with Gasteiger partial charge in [0.05, 0.1) is 0 Å². The Hall–Kier alpha value is -0.960.